The maximum absolute atomic E-state index is 13.6. The lowest BCUT2D eigenvalue weighted by molar-refractivity contribution is 0.0988. The van der Waals surface area contributed by atoms with Gasteiger partial charge in [-0.15, -0.1) is 0 Å². The van der Waals surface area contributed by atoms with E-state index in [0.29, 0.717) is 31.7 Å². The molecule has 7 nitrogen and oxygen atoms in total. The van der Waals surface area contributed by atoms with Crippen LogP contribution >= 0.6 is 0 Å². The third kappa shape index (κ3) is 4.08. The molecule has 35 heavy (non-hydrogen) atoms. The van der Waals surface area contributed by atoms with Crippen molar-refractivity contribution in [3.63, 3.8) is 0 Å². The van der Waals surface area contributed by atoms with E-state index in [2.05, 4.69) is 13.8 Å². The minimum absolute atomic E-state index is 0.0609. The van der Waals surface area contributed by atoms with Gasteiger partial charge in [-0.05, 0) is 61.4 Å². The smallest absolute Gasteiger partial charge is 0.263 e. The third-order valence-corrected chi connectivity index (χ3v) is 9.06. The highest BCUT2D eigenvalue weighted by Crippen LogP contribution is 2.30. The molecule has 5 rings (SSSR count). The summed E-state index contributed by atoms with van der Waals surface area (Å²) < 4.78 is 30.4. The van der Waals surface area contributed by atoms with Crippen molar-refractivity contribution in [3.05, 3.63) is 70.0 Å². The number of aromatic nitrogens is 1. The number of carbonyl (C=O) groups excluding carboxylic acids is 1. The fourth-order valence-electron chi connectivity index (χ4n) is 5.60. The summed E-state index contributed by atoms with van der Waals surface area (Å²) in [7, 11) is -3.75. The molecule has 2 atom stereocenters. The lowest BCUT2D eigenvalue weighted by atomic mass is 9.94. The molecule has 1 aromatic heterocycles. The number of amides is 1. The van der Waals surface area contributed by atoms with Crippen LogP contribution in [0.1, 0.15) is 43.1 Å². The topological polar surface area (TPSA) is 79.7 Å². The molecule has 0 saturated carbocycles. The van der Waals surface area contributed by atoms with Gasteiger partial charge in [-0.3, -0.25) is 9.59 Å². The second kappa shape index (κ2) is 8.91. The number of anilines is 1. The lowest BCUT2D eigenvalue weighted by Crippen LogP contribution is -2.42. The molecule has 0 unspecified atom stereocenters. The third-order valence-electron chi connectivity index (χ3n) is 7.23. The summed E-state index contributed by atoms with van der Waals surface area (Å²) in [5.74, 6) is 0.203. The number of benzene rings is 2. The molecule has 2 aliphatic heterocycles. The van der Waals surface area contributed by atoms with Gasteiger partial charge in [0.2, 0.25) is 15.5 Å². The van der Waals surface area contributed by atoms with Gasteiger partial charge in [-0.2, -0.15) is 4.31 Å². The molecule has 1 amide bonds. The van der Waals surface area contributed by atoms with Crippen LogP contribution in [0.15, 0.2) is 58.4 Å². The molecule has 0 N–H and O–H groups in total. The Hall–Kier alpha value is -2.97. The molecule has 0 spiro atoms. The van der Waals surface area contributed by atoms with Crippen molar-refractivity contribution in [3.8, 4) is 0 Å². The van der Waals surface area contributed by atoms with Crippen LogP contribution in [0, 0.1) is 11.8 Å². The summed E-state index contributed by atoms with van der Waals surface area (Å²) in [6.45, 7) is 8.06. The van der Waals surface area contributed by atoms with Crippen LogP contribution < -0.4 is 10.3 Å². The molecule has 2 aromatic carbocycles. The first-order chi connectivity index (χ1) is 16.7. The highest BCUT2D eigenvalue weighted by atomic mass is 32.2. The quantitative estimate of drug-likeness (QED) is 0.552. The fourth-order valence-corrected chi connectivity index (χ4v) is 7.30. The largest absolute Gasteiger partial charge is 0.347 e. The zero-order chi connectivity index (χ0) is 24.9. The summed E-state index contributed by atoms with van der Waals surface area (Å²) in [5, 5.41) is 0.254. The van der Waals surface area contributed by atoms with E-state index in [-0.39, 0.29) is 33.6 Å². The second-order valence-electron chi connectivity index (χ2n) is 9.94. The first kappa shape index (κ1) is 23.8. The van der Waals surface area contributed by atoms with Gasteiger partial charge in [0.15, 0.2) is 0 Å². The van der Waals surface area contributed by atoms with Gasteiger partial charge in [0, 0.05) is 43.4 Å². The van der Waals surface area contributed by atoms with Gasteiger partial charge >= 0.3 is 0 Å². The number of piperidine rings is 1. The standard InChI is InChI=1S/C27H31N3O4S/c1-4-28-17-23(27(32)30-12-11-20-7-5-6-8-24(20)30)26(31)22-14-21(9-10-25(22)28)35(33,34)29-15-18(2)13-19(3)16-29/h5-10,14,17-19H,4,11-13,15-16H2,1-3H3/t18-,19-/m1/s1. The van der Waals surface area contributed by atoms with Gasteiger partial charge in [-0.1, -0.05) is 32.0 Å². The molecule has 1 saturated heterocycles. The van der Waals surface area contributed by atoms with Gasteiger partial charge in [0.05, 0.1) is 10.4 Å². The predicted molar refractivity (Wildman–Crippen MR) is 137 cm³/mol. The number of para-hydroxylation sites is 1. The van der Waals surface area contributed by atoms with Crippen LogP contribution in [0.5, 0.6) is 0 Å². The molecule has 1 fully saturated rings. The van der Waals surface area contributed by atoms with Gasteiger partial charge in [0.1, 0.15) is 5.56 Å². The number of hydrogen-bond acceptors (Lipinski definition) is 4. The van der Waals surface area contributed by atoms with E-state index in [9.17, 15) is 18.0 Å². The van der Waals surface area contributed by atoms with Crippen LogP contribution in [0.2, 0.25) is 0 Å². The van der Waals surface area contributed by atoms with Crippen molar-refractivity contribution in [2.24, 2.45) is 11.8 Å². The monoisotopic (exact) mass is 493 g/mol. The van der Waals surface area contributed by atoms with Crippen molar-refractivity contribution in [2.75, 3.05) is 24.5 Å². The maximum Gasteiger partial charge on any atom is 0.263 e. The Bertz CT molecular complexity index is 1470. The molecule has 3 heterocycles. The SMILES string of the molecule is CCn1cc(C(=O)N2CCc3ccccc32)c(=O)c2cc(S(=O)(=O)N3C[C@H](C)C[C@@H](C)C3)ccc21. The zero-order valence-corrected chi connectivity index (χ0v) is 21.2. The Morgan fingerprint density at radius 1 is 1.06 bits per heavy atom. The van der Waals surface area contributed by atoms with Crippen LogP contribution in [-0.2, 0) is 23.0 Å². The van der Waals surface area contributed by atoms with Crippen molar-refractivity contribution >= 4 is 32.5 Å². The van der Waals surface area contributed by atoms with E-state index in [4.69, 9.17) is 0 Å². The molecule has 2 aliphatic rings. The van der Waals surface area contributed by atoms with Crippen LogP contribution in [0.4, 0.5) is 5.69 Å². The first-order valence-electron chi connectivity index (χ1n) is 12.3. The Morgan fingerprint density at radius 3 is 2.49 bits per heavy atom. The first-order valence-corrected chi connectivity index (χ1v) is 13.7. The Kier molecular flexibility index (Phi) is 6.05. The maximum atomic E-state index is 13.6. The molecule has 0 bridgehead atoms. The highest BCUT2D eigenvalue weighted by molar-refractivity contribution is 7.89. The summed E-state index contributed by atoms with van der Waals surface area (Å²) >= 11 is 0. The van der Waals surface area contributed by atoms with E-state index in [1.54, 1.807) is 23.2 Å². The van der Waals surface area contributed by atoms with Crippen molar-refractivity contribution < 1.29 is 13.2 Å². The van der Waals surface area contributed by atoms with Crippen LogP contribution in [0.3, 0.4) is 0 Å². The summed E-state index contributed by atoms with van der Waals surface area (Å²) in [6, 6.07) is 12.4. The number of rotatable bonds is 4. The predicted octanol–water partition coefficient (Wildman–Crippen LogP) is 3.89. The number of carbonyl (C=O) groups is 1. The summed E-state index contributed by atoms with van der Waals surface area (Å²) in [5.41, 5.74) is 2.15. The van der Waals surface area contributed by atoms with E-state index in [1.165, 1.54) is 10.4 Å². The van der Waals surface area contributed by atoms with Gasteiger partial charge < -0.3 is 9.47 Å². The molecular formula is C27H31N3O4S. The summed E-state index contributed by atoms with van der Waals surface area (Å²) in [4.78, 5) is 28.9. The second-order valence-corrected chi connectivity index (χ2v) is 11.9. The zero-order valence-electron chi connectivity index (χ0n) is 20.4. The van der Waals surface area contributed by atoms with Crippen molar-refractivity contribution in [1.29, 1.82) is 0 Å². The number of hydrogen-bond donors (Lipinski definition) is 0. The molecular weight excluding hydrogens is 462 g/mol. The number of pyridine rings is 1. The Labute approximate surface area is 206 Å². The minimum atomic E-state index is -3.75. The Morgan fingerprint density at radius 2 is 1.77 bits per heavy atom. The minimum Gasteiger partial charge on any atom is -0.347 e. The van der Waals surface area contributed by atoms with E-state index in [1.807, 2.05) is 35.8 Å². The lowest BCUT2D eigenvalue weighted by Gasteiger charge is -2.34. The number of sulfonamides is 1. The molecule has 184 valence electrons. The van der Waals surface area contributed by atoms with E-state index in [0.717, 1.165) is 24.1 Å². The summed E-state index contributed by atoms with van der Waals surface area (Å²) in [6.07, 6.45) is 3.35. The molecule has 0 aliphatic carbocycles. The van der Waals surface area contributed by atoms with Gasteiger partial charge in [0.25, 0.3) is 5.91 Å². The Balaban J connectivity index is 1.60. The van der Waals surface area contributed by atoms with E-state index < -0.39 is 15.5 Å². The number of aryl methyl sites for hydroxylation is 1. The highest BCUT2D eigenvalue weighted by Gasteiger charge is 2.33. The molecule has 3 aromatic rings. The van der Waals surface area contributed by atoms with Crippen molar-refractivity contribution in [2.45, 2.75) is 45.1 Å². The number of nitrogens with zero attached hydrogens (tertiary/aromatic N) is 3. The number of fused-ring (bicyclic) bond motifs is 2. The van der Waals surface area contributed by atoms with Gasteiger partial charge in [-0.25, -0.2) is 8.42 Å². The average Bonchev–Trinajstić information content (AvgIpc) is 3.27. The normalized spacial score (nSPS) is 20.8. The fraction of sp³-hybridized carbons (Fsp3) is 0.407. The average molecular weight is 494 g/mol. The molecule has 8 heteroatoms. The van der Waals surface area contributed by atoms with E-state index >= 15 is 0 Å². The van der Waals surface area contributed by atoms with Crippen molar-refractivity contribution in [1.82, 2.24) is 8.87 Å². The molecule has 0 radical (unpaired) electrons. The van der Waals surface area contributed by atoms with Crippen LogP contribution in [-0.4, -0.2) is 42.8 Å². The van der Waals surface area contributed by atoms with Crippen LogP contribution in [0.25, 0.3) is 10.9 Å².